The van der Waals surface area contributed by atoms with Crippen LogP contribution >= 0.6 is 0 Å². The molecule has 0 aromatic heterocycles. The Kier molecular flexibility index (Phi) is 4.38. The number of carboxylic acid groups (broad SMARTS) is 1. The number of aliphatic carboxylic acids is 1. The summed E-state index contributed by atoms with van der Waals surface area (Å²) < 4.78 is 0. The van der Waals surface area contributed by atoms with E-state index < -0.39 is 5.97 Å². The standard InChI is InChI=1S/C15H23NO2/c1-11-6-7-13(8-12(11)2)16(5)10-15(3,4)9-14(17)18/h6-8H,9-10H2,1-5H3,(H,17,18). The molecule has 3 nitrogen and oxygen atoms in total. The van der Waals surface area contributed by atoms with E-state index in [9.17, 15) is 4.79 Å². The van der Waals surface area contributed by atoms with E-state index in [1.807, 2.05) is 20.9 Å². The van der Waals surface area contributed by atoms with Gasteiger partial charge in [-0.2, -0.15) is 0 Å². The summed E-state index contributed by atoms with van der Waals surface area (Å²) >= 11 is 0. The molecule has 1 aromatic rings. The molecular weight excluding hydrogens is 226 g/mol. The zero-order valence-corrected chi connectivity index (χ0v) is 11.9. The molecule has 0 aliphatic rings. The zero-order chi connectivity index (χ0) is 13.9. The Morgan fingerprint density at radius 1 is 1.28 bits per heavy atom. The van der Waals surface area contributed by atoms with E-state index in [4.69, 9.17) is 5.11 Å². The summed E-state index contributed by atoms with van der Waals surface area (Å²) in [5.74, 6) is -0.742. The molecule has 0 spiro atoms. The summed E-state index contributed by atoms with van der Waals surface area (Å²) in [6, 6.07) is 6.33. The Morgan fingerprint density at radius 3 is 2.39 bits per heavy atom. The van der Waals surface area contributed by atoms with Crippen LogP contribution in [0, 0.1) is 19.3 Å². The fourth-order valence-corrected chi connectivity index (χ4v) is 2.16. The molecule has 0 radical (unpaired) electrons. The Balaban J connectivity index is 2.78. The maximum absolute atomic E-state index is 10.8. The SMILES string of the molecule is Cc1ccc(N(C)CC(C)(C)CC(=O)O)cc1C. The van der Waals surface area contributed by atoms with E-state index in [2.05, 4.69) is 36.9 Å². The number of hydrogen-bond donors (Lipinski definition) is 1. The van der Waals surface area contributed by atoms with Crippen LogP contribution in [0.4, 0.5) is 5.69 Å². The molecule has 3 heteroatoms. The molecular formula is C15H23NO2. The highest BCUT2D eigenvalue weighted by molar-refractivity contribution is 5.67. The van der Waals surface area contributed by atoms with Gasteiger partial charge < -0.3 is 10.0 Å². The molecule has 1 rings (SSSR count). The number of benzene rings is 1. The molecule has 0 heterocycles. The average Bonchev–Trinajstić information content (AvgIpc) is 2.19. The Labute approximate surface area is 109 Å². The fourth-order valence-electron chi connectivity index (χ4n) is 2.16. The average molecular weight is 249 g/mol. The van der Waals surface area contributed by atoms with Gasteiger partial charge in [-0.25, -0.2) is 0 Å². The van der Waals surface area contributed by atoms with Crippen LogP contribution in [0.1, 0.15) is 31.4 Å². The summed E-state index contributed by atoms with van der Waals surface area (Å²) in [5.41, 5.74) is 3.43. The molecule has 0 amide bonds. The van der Waals surface area contributed by atoms with E-state index in [1.165, 1.54) is 11.1 Å². The molecule has 0 aliphatic heterocycles. The molecule has 0 bridgehead atoms. The fraction of sp³-hybridized carbons (Fsp3) is 0.533. The highest BCUT2D eigenvalue weighted by Crippen LogP contribution is 2.25. The van der Waals surface area contributed by atoms with Crippen LogP contribution in [0.25, 0.3) is 0 Å². The zero-order valence-electron chi connectivity index (χ0n) is 11.9. The summed E-state index contributed by atoms with van der Waals surface area (Å²) in [6.07, 6.45) is 0.183. The molecule has 0 atom stereocenters. The second-order valence-corrected chi connectivity index (χ2v) is 5.86. The lowest BCUT2D eigenvalue weighted by atomic mass is 9.88. The number of anilines is 1. The van der Waals surface area contributed by atoms with E-state index >= 15 is 0 Å². The van der Waals surface area contributed by atoms with Crippen LogP contribution < -0.4 is 4.90 Å². The van der Waals surface area contributed by atoms with Crippen molar-refractivity contribution in [3.05, 3.63) is 29.3 Å². The van der Waals surface area contributed by atoms with Crippen molar-refractivity contribution in [1.82, 2.24) is 0 Å². The third-order valence-electron chi connectivity index (χ3n) is 3.23. The molecule has 0 saturated carbocycles. The van der Waals surface area contributed by atoms with E-state index in [0.717, 1.165) is 12.2 Å². The van der Waals surface area contributed by atoms with Gasteiger partial charge in [-0.3, -0.25) is 4.79 Å². The minimum absolute atomic E-state index is 0.183. The van der Waals surface area contributed by atoms with Crippen molar-refractivity contribution in [3.63, 3.8) is 0 Å². The van der Waals surface area contributed by atoms with Crippen LogP contribution in [0.2, 0.25) is 0 Å². The van der Waals surface area contributed by atoms with Gasteiger partial charge in [-0.1, -0.05) is 19.9 Å². The number of aryl methyl sites for hydroxylation is 2. The van der Waals surface area contributed by atoms with Gasteiger partial charge in [-0.05, 0) is 42.5 Å². The van der Waals surface area contributed by atoms with Gasteiger partial charge in [0, 0.05) is 19.3 Å². The first-order chi connectivity index (χ1) is 8.21. The predicted octanol–water partition coefficient (Wildman–Crippen LogP) is 3.24. The first-order valence-corrected chi connectivity index (χ1v) is 6.21. The van der Waals surface area contributed by atoms with E-state index in [1.54, 1.807) is 0 Å². The van der Waals surface area contributed by atoms with Gasteiger partial charge in [0.05, 0.1) is 6.42 Å². The van der Waals surface area contributed by atoms with Crippen molar-refractivity contribution < 1.29 is 9.90 Å². The molecule has 18 heavy (non-hydrogen) atoms. The van der Waals surface area contributed by atoms with Gasteiger partial charge in [0.2, 0.25) is 0 Å². The van der Waals surface area contributed by atoms with Crippen LogP contribution in [0.5, 0.6) is 0 Å². The highest BCUT2D eigenvalue weighted by Gasteiger charge is 2.23. The number of rotatable bonds is 5. The lowest BCUT2D eigenvalue weighted by molar-refractivity contribution is -0.139. The van der Waals surface area contributed by atoms with Crippen molar-refractivity contribution in [2.24, 2.45) is 5.41 Å². The Morgan fingerprint density at radius 2 is 1.89 bits per heavy atom. The minimum Gasteiger partial charge on any atom is -0.481 e. The van der Waals surface area contributed by atoms with Crippen molar-refractivity contribution in [3.8, 4) is 0 Å². The van der Waals surface area contributed by atoms with Crippen LogP contribution in [0.3, 0.4) is 0 Å². The monoisotopic (exact) mass is 249 g/mol. The Hall–Kier alpha value is -1.51. The molecule has 0 saturated heterocycles. The van der Waals surface area contributed by atoms with Crippen molar-refractivity contribution >= 4 is 11.7 Å². The molecule has 0 unspecified atom stereocenters. The number of carbonyl (C=O) groups is 1. The van der Waals surface area contributed by atoms with Crippen molar-refractivity contribution in [2.45, 2.75) is 34.1 Å². The largest absolute Gasteiger partial charge is 0.481 e. The maximum Gasteiger partial charge on any atom is 0.303 e. The normalized spacial score (nSPS) is 11.4. The number of carboxylic acids is 1. The third-order valence-corrected chi connectivity index (χ3v) is 3.23. The maximum atomic E-state index is 10.8. The van der Waals surface area contributed by atoms with Crippen molar-refractivity contribution in [1.29, 1.82) is 0 Å². The minimum atomic E-state index is -0.742. The first-order valence-electron chi connectivity index (χ1n) is 6.21. The van der Waals surface area contributed by atoms with Crippen molar-refractivity contribution in [2.75, 3.05) is 18.5 Å². The molecule has 0 aliphatic carbocycles. The van der Waals surface area contributed by atoms with E-state index in [0.29, 0.717) is 0 Å². The van der Waals surface area contributed by atoms with Crippen LogP contribution in [0.15, 0.2) is 18.2 Å². The number of nitrogens with zero attached hydrogens (tertiary/aromatic N) is 1. The summed E-state index contributed by atoms with van der Waals surface area (Å²) in [7, 11) is 2.01. The second kappa shape index (κ2) is 5.42. The van der Waals surface area contributed by atoms with Gasteiger partial charge >= 0.3 is 5.97 Å². The smallest absolute Gasteiger partial charge is 0.303 e. The molecule has 0 fully saturated rings. The summed E-state index contributed by atoms with van der Waals surface area (Å²) in [4.78, 5) is 12.9. The first kappa shape index (κ1) is 14.6. The lowest BCUT2D eigenvalue weighted by Crippen LogP contribution is -2.33. The van der Waals surface area contributed by atoms with Gasteiger partial charge in [0.15, 0.2) is 0 Å². The van der Waals surface area contributed by atoms with Gasteiger partial charge in [0.25, 0.3) is 0 Å². The van der Waals surface area contributed by atoms with Gasteiger partial charge in [0.1, 0.15) is 0 Å². The molecule has 100 valence electrons. The third kappa shape index (κ3) is 4.06. The predicted molar refractivity (Wildman–Crippen MR) is 75.2 cm³/mol. The second-order valence-electron chi connectivity index (χ2n) is 5.86. The van der Waals surface area contributed by atoms with E-state index in [-0.39, 0.29) is 11.8 Å². The van der Waals surface area contributed by atoms with Crippen LogP contribution in [-0.2, 0) is 4.79 Å². The molecule has 1 N–H and O–H groups in total. The highest BCUT2D eigenvalue weighted by atomic mass is 16.4. The summed E-state index contributed by atoms with van der Waals surface area (Å²) in [6.45, 7) is 8.88. The van der Waals surface area contributed by atoms with Gasteiger partial charge in [-0.15, -0.1) is 0 Å². The lowest BCUT2D eigenvalue weighted by Gasteiger charge is -2.30. The topological polar surface area (TPSA) is 40.5 Å². The number of hydrogen-bond acceptors (Lipinski definition) is 2. The quantitative estimate of drug-likeness (QED) is 0.871. The van der Waals surface area contributed by atoms with Crippen LogP contribution in [-0.4, -0.2) is 24.7 Å². The summed E-state index contributed by atoms with van der Waals surface area (Å²) in [5, 5.41) is 8.89. The molecule has 1 aromatic carbocycles. The Bertz CT molecular complexity index is 438.